The van der Waals surface area contributed by atoms with Crippen molar-refractivity contribution in [1.29, 1.82) is 0 Å². The predicted octanol–water partition coefficient (Wildman–Crippen LogP) is 4.39. The van der Waals surface area contributed by atoms with Crippen LogP contribution in [-0.2, 0) is 4.43 Å². The van der Waals surface area contributed by atoms with E-state index in [0.29, 0.717) is 5.69 Å². The van der Waals surface area contributed by atoms with E-state index in [-0.39, 0.29) is 18.2 Å². The van der Waals surface area contributed by atoms with Crippen LogP contribution in [0.15, 0.2) is 66.0 Å². The maximum Gasteiger partial charge on any atom is 0.271 e. The van der Waals surface area contributed by atoms with Gasteiger partial charge in [-0.3, -0.25) is 4.79 Å². The van der Waals surface area contributed by atoms with Crippen LogP contribution in [0.25, 0.3) is 0 Å². The molecule has 0 spiro atoms. The summed E-state index contributed by atoms with van der Waals surface area (Å²) in [6.07, 6.45) is 3.20. The van der Waals surface area contributed by atoms with Crippen LogP contribution in [0, 0.1) is 0 Å². The van der Waals surface area contributed by atoms with Gasteiger partial charge in [-0.15, -0.1) is 11.3 Å². The van der Waals surface area contributed by atoms with Crippen molar-refractivity contribution < 1.29 is 9.22 Å². The Bertz CT molecular complexity index is 1000. The van der Waals surface area contributed by atoms with Gasteiger partial charge >= 0.3 is 0 Å². The van der Waals surface area contributed by atoms with Crippen molar-refractivity contribution in [3.63, 3.8) is 0 Å². The lowest BCUT2D eigenvalue weighted by atomic mass is 10.2. The quantitative estimate of drug-likeness (QED) is 0.438. The Kier molecular flexibility index (Phi) is 7.62. The SMILES string of the molecule is CCCC[Si](OC1CCN1c1nc(C(=O)NC(C)C)cs1)(c1ccccc1)c1ccccc1. The van der Waals surface area contributed by atoms with Gasteiger partial charge < -0.3 is 14.6 Å². The topological polar surface area (TPSA) is 54.5 Å². The number of hydrogen-bond acceptors (Lipinski definition) is 5. The van der Waals surface area contributed by atoms with Gasteiger partial charge in [-0.25, -0.2) is 4.98 Å². The molecule has 1 aromatic heterocycles. The molecule has 0 aliphatic carbocycles. The van der Waals surface area contributed by atoms with Gasteiger partial charge in [0.1, 0.15) is 11.9 Å². The number of aromatic nitrogens is 1. The Balaban J connectivity index is 1.63. The van der Waals surface area contributed by atoms with E-state index in [1.165, 1.54) is 21.7 Å². The number of carbonyl (C=O) groups is 1. The van der Waals surface area contributed by atoms with Crippen molar-refractivity contribution >= 4 is 41.1 Å². The number of thiazole rings is 1. The minimum atomic E-state index is -2.46. The zero-order chi connectivity index (χ0) is 23.3. The summed E-state index contributed by atoms with van der Waals surface area (Å²) in [6, 6.07) is 22.7. The molecule has 3 aromatic rings. The molecule has 1 aliphatic rings. The summed E-state index contributed by atoms with van der Waals surface area (Å²) in [5.41, 5.74) is 0.481. The first-order valence-corrected chi connectivity index (χ1v) is 14.8. The number of anilines is 1. The van der Waals surface area contributed by atoms with Crippen molar-refractivity contribution in [1.82, 2.24) is 10.3 Å². The van der Waals surface area contributed by atoms with Crippen molar-refractivity contribution in [3.8, 4) is 0 Å². The summed E-state index contributed by atoms with van der Waals surface area (Å²) >= 11 is 1.52. The fourth-order valence-corrected chi connectivity index (χ4v) is 9.46. The predicted molar refractivity (Wildman–Crippen MR) is 139 cm³/mol. The third kappa shape index (κ3) is 5.21. The highest BCUT2D eigenvalue weighted by molar-refractivity contribution is 7.14. The molecule has 1 saturated heterocycles. The molecule has 0 bridgehead atoms. The van der Waals surface area contributed by atoms with Gasteiger partial charge in [0, 0.05) is 24.4 Å². The standard InChI is InChI=1S/C26H33N3O2SSi/c1-4-5-18-33(21-12-8-6-9-13-21,22-14-10-7-11-15-22)31-24-16-17-29(24)26-28-23(19-32-26)25(30)27-20(2)3/h6-15,19-20,24H,4-5,16-18H2,1-3H3,(H,27,30). The van der Waals surface area contributed by atoms with Crippen molar-refractivity contribution in [3.05, 3.63) is 71.7 Å². The zero-order valence-corrected chi connectivity index (χ0v) is 21.5. The van der Waals surface area contributed by atoms with Gasteiger partial charge in [-0.05, 0) is 30.3 Å². The van der Waals surface area contributed by atoms with Gasteiger partial charge in [-0.1, -0.05) is 80.4 Å². The minimum Gasteiger partial charge on any atom is -0.388 e. The molecule has 33 heavy (non-hydrogen) atoms. The van der Waals surface area contributed by atoms with Crippen molar-refractivity contribution in [2.24, 2.45) is 0 Å². The maximum absolute atomic E-state index is 12.4. The Morgan fingerprint density at radius 2 is 1.79 bits per heavy atom. The molecule has 1 unspecified atom stereocenters. The molecule has 1 fully saturated rings. The van der Waals surface area contributed by atoms with E-state index in [1.807, 2.05) is 19.2 Å². The van der Waals surface area contributed by atoms with Gasteiger partial charge in [0.15, 0.2) is 5.13 Å². The van der Waals surface area contributed by atoms with Crippen LogP contribution in [-0.4, -0.2) is 38.0 Å². The number of hydrogen-bond donors (Lipinski definition) is 1. The summed E-state index contributed by atoms with van der Waals surface area (Å²) in [5, 5.41) is 8.26. The average Bonchev–Trinajstić information content (AvgIpc) is 3.29. The highest BCUT2D eigenvalue weighted by Gasteiger charge is 2.45. The maximum atomic E-state index is 12.4. The molecular weight excluding hydrogens is 446 g/mol. The van der Waals surface area contributed by atoms with Gasteiger partial charge in [0.05, 0.1) is 0 Å². The first-order chi connectivity index (χ1) is 16.0. The molecule has 4 rings (SSSR count). The highest BCUT2D eigenvalue weighted by atomic mass is 32.1. The molecular formula is C26H33N3O2SSi. The lowest BCUT2D eigenvalue weighted by Gasteiger charge is -2.46. The molecule has 1 atom stereocenters. The summed E-state index contributed by atoms with van der Waals surface area (Å²) in [4.78, 5) is 19.2. The lowest BCUT2D eigenvalue weighted by Crippen LogP contribution is -2.66. The van der Waals surface area contributed by atoms with Gasteiger partial charge in [-0.2, -0.15) is 0 Å². The fraction of sp³-hybridized carbons (Fsp3) is 0.385. The minimum absolute atomic E-state index is 0.0268. The van der Waals surface area contributed by atoms with E-state index < -0.39 is 8.32 Å². The molecule has 2 aromatic carbocycles. The molecule has 0 saturated carbocycles. The molecule has 174 valence electrons. The largest absolute Gasteiger partial charge is 0.388 e. The van der Waals surface area contributed by atoms with Crippen LogP contribution in [0.3, 0.4) is 0 Å². The number of carbonyl (C=O) groups excluding carboxylic acids is 1. The number of amides is 1. The normalized spacial score (nSPS) is 16.0. The molecule has 5 nitrogen and oxygen atoms in total. The van der Waals surface area contributed by atoms with Gasteiger partial charge in [0.2, 0.25) is 0 Å². The van der Waals surface area contributed by atoms with Crippen LogP contribution in [0.2, 0.25) is 6.04 Å². The molecule has 1 amide bonds. The van der Waals surface area contributed by atoms with Crippen LogP contribution < -0.4 is 20.6 Å². The van der Waals surface area contributed by atoms with E-state index >= 15 is 0 Å². The van der Waals surface area contributed by atoms with Crippen LogP contribution in [0.1, 0.15) is 50.5 Å². The third-order valence-corrected chi connectivity index (χ3v) is 11.2. The number of rotatable bonds is 10. The third-order valence-electron chi connectivity index (χ3n) is 6.05. The summed E-state index contributed by atoms with van der Waals surface area (Å²) in [5.74, 6) is -0.120. The summed E-state index contributed by atoms with van der Waals surface area (Å²) in [6.45, 7) is 7.05. The second-order valence-electron chi connectivity index (χ2n) is 8.86. The van der Waals surface area contributed by atoms with E-state index in [1.54, 1.807) is 0 Å². The van der Waals surface area contributed by atoms with E-state index in [2.05, 4.69) is 82.8 Å². The smallest absolute Gasteiger partial charge is 0.271 e. The zero-order valence-electron chi connectivity index (χ0n) is 19.7. The Hall–Kier alpha value is -2.48. The molecule has 1 aliphatic heterocycles. The Morgan fingerprint density at radius 3 is 2.30 bits per heavy atom. The van der Waals surface area contributed by atoms with Crippen molar-refractivity contribution in [2.75, 3.05) is 11.4 Å². The Labute approximate surface area is 202 Å². The van der Waals surface area contributed by atoms with Crippen molar-refractivity contribution in [2.45, 2.75) is 58.3 Å². The summed E-state index contributed by atoms with van der Waals surface area (Å²) < 4.78 is 7.18. The van der Waals surface area contributed by atoms with Crippen LogP contribution in [0.5, 0.6) is 0 Å². The van der Waals surface area contributed by atoms with E-state index in [9.17, 15) is 4.79 Å². The van der Waals surface area contributed by atoms with E-state index in [4.69, 9.17) is 4.43 Å². The number of nitrogens with zero attached hydrogens (tertiary/aromatic N) is 2. The first kappa shape index (κ1) is 23.7. The Morgan fingerprint density at radius 1 is 1.15 bits per heavy atom. The lowest BCUT2D eigenvalue weighted by molar-refractivity contribution is 0.0938. The fourth-order valence-electron chi connectivity index (χ4n) is 4.26. The van der Waals surface area contributed by atoms with Crippen LogP contribution >= 0.6 is 11.3 Å². The monoisotopic (exact) mass is 479 g/mol. The molecule has 0 radical (unpaired) electrons. The number of benzene rings is 2. The number of nitrogens with one attached hydrogen (secondary N) is 1. The van der Waals surface area contributed by atoms with Crippen LogP contribution in [0.4, 0.5) is 5.13 Å². The molecule has 7 heteroatoms. The molecule has 1 N–H and O–H groups in total. The van der Waals surface area contributed by atoms with E-state index in [0.717, 1.165) is 37.0 Å². The number of unbranched alkanes of at least 4 members (excludes halogenated alkanes) is 1. The molecule has 2 heterocycles. The van der Waals surface area contributed by atoms with Gasteiger partial charge in [0.25, 0.3) is 14.2 Å². The second kappa shape index (κ2) is 10.6. The summed E-state index contributed by atoms with van der Waals surface area (Å²) in [7, 11) is -2.46. The average molecular weight is 480 g/mol. The first-order valence-electron chi connectivity index (χ1n) is 11.9. The second-order valence-corrected chi connectivity index (χ2v) is 13.2. The highest BCUT2D eigenvalue weighted by Crippen LogP contribution is 2.33.